The van der Waals surface area contributed by atoms with Gasteiger partial charge in [-0.3, -0.25) is 0 Å². The highest BCUT2D eigenvalue weighted by molar-refractivity contribution is 7.20. The number of aromatic nitrogens is 2. The first kappa shape index (κ1) is 20.9. The Morgan fingerprint density at radius 3 is 2.67 bits per heavy atom. The van der Waals surface area contributed by atoms with Crippen molar-refractivity contribution in [2.24, 2.45) is 0 Å². The lowest BCUT2D eigenvalue weighted by Gasteiger charge is -2.07. The van der Waals surface area contributed by atoms with Gasteiger partial charge in [0.2, 0.25) is 0 Å². The van der Waals surface area contributed by atoms with E-state index >= 15 is 0 Å². The van der Waals surface area contributed by atoms with Crippen LogP contribution in [0.1, 0.15) is 20.9 Å². The summed E-state index contributed by atoms with van der Waals surface area (Å²) in [4.78, 5) is 25.9. The summed E-state index contributed by atoms with van der Waals surface area (Å²) in [7, 11) is 1.52. The van der Waals surface area contributed by atoms with Crippen molar-refractivity contribution in [1.29, 1.82) is 0 Å². The summed E-state index contributed by atoms with van der Waals surface area (Å²) < 4.78 is 30.9. The van der Waals surface area contributed by atoms with E-state index in [1.165, 1.54) is 36.6 Å². The molecule has 5 aromatic rings. The number of halogens is 1. The number of esters is 1. The van der Waals surface area contributed by atoms with E-state index in [2.05, 4.69) is 5.10 Å². The molecule has 0 aliphatic heterocycles. The fraction of sp³-hybridized carbons (Fsp3) is 0.125. The zero-order valence-corrected chi connectivity index (χ0v) is 18.4. The average Bonchev–Trinajstić information content (AvgIpc) is 3.38. The van der Waals surface area contributed by atoms with Crippen molar-refractivity contribution >= 4 is 38.5 Å². The van der Waals surface area contributed by atoms with Gasteiger partial charge in [0.05, 0.1) is 18.5 Å². The summed E-state index contributed by atoms with van der Waals surface area (Å²) in [6.07, 6.45) is 0. The molecule has 0 aliphatic rings. The highest BCUT2D eigenvalue weighted by atomic mass is 32.1. The molecule has 0 bridgehead atoms. The fourth-order valence-corrected chi connectivity index (χ4v) is 4.65. The minimum absolute atomic E-state index is 0.0927. The van der Waals surface area contributed by atoms with Gasteiger partial charge in [0.15, 0.2) is 0 Å². The molecule has 7 nitrogen and oxygen atoms in total. The number of hydrogen-bond donors (Lipinski definition) is 0. The molecule has 0 saturated heterocycles. The molecule has 0 amide bonds. The zero-order chi connectivity index (χ0) is 23.1. The second kappa shape index (κ2) is 8.18. The molecule has 5 rings (SSSR count). The summed E-state index contributed by atoms with van der Waals surface area (Å²) in [6, 6.07) is 14.1. The first-order valence-electron chi connectivity index (χ1n) is 9.96. The molecule has 2 aromatic carbocycles. The second-order valence-electron chi connectivity index (χ2n) is 7.33. The van der Waals surface area contributed by atoms with E-state index in [4.69, 9.17) is 13.9 Å². The zero-order valence-electron chi connectivity index (χ0n) is 17.6. The van der Waals surface area contributed by atoms with Crippen molar-refractivity contribution < 1.29 is 23.1 Å². The van der Waals surface area contributed by atoms with Gasteiger partial charge in [0, 0.05) is 28.5 Å². The average molecular weight is 464 g/mol. The summed E-state index contributed by atoms with van der Waals surface area (Å²) in [5.74, 6) is -0.304. The van der Waals surface area contributed by atoms with Gasteiger partial charge in [0.1, 0.15) is 33.5 Å². The summed E-state index contributed by atoms with van der Waals surface area (Å²) in [6.45, 7) is 1.75. The summed E-state index contributed by atoms with van der Waals surface area (Å²) in [5.41, 5.74) is 1.77. The Morgan fingerprint density at radius 1 is 1.12 bits per heavy atom. The molecule has 0 spiro atoms. The topological polar surface area (TPSA) is 83.6 Å². The minimum Gasteiger partial charge on any atom is -0.497 e. The van der Waals surface area contributed by atoms with Crippen molar-refractivity contribution in [3.8, 4) is 11.4 Å². The third-order valence-electron chi connectivity index (χ3n) is 5.21. The van der Waals surface area contributed by atoms with Gasteiger partial charge in [-0.1, -0.05) is 0 Å². The molecule has 9 heteroatoms. The Kier molecular flexibility index (Phi) is 5.18. The lowest BCUT2D eigenvalue weighted by atomic mass is 10.1. The number of carbonyl (C=O) groups excluding carboxylic acids is 1. The maximum atomic E-state index is 13.3. The van der Waals surface area contributed by atoms with E-state index in [1.807, 2.05) is 6.92 Å². The van der Waals surface area contributed by atoms with Crippen LogP contribution in [-0.2, 0) is 11.3 Å². The maximum Gasteiger partial charge on any atom is 0.348 e. The predicted octanol–water partition coefficient (Wildman–Crippen LogP) is 5.01. The molecular formula is C24H17FN2O5S. The van der Waals surface area contributed by atoms with Gasteiger partial charge < -0.3 is 13.9 Å². The van der Waals surface area contributed by atoms with E-state index < -0.39 is 11.6 Å². The van der Waals surface area contributed by atoms with Crippen LogP contribution in [0.15, 0.2) is 63.8 Å². The number of methoxy groups -OCH3 is 1. The van der Waals surface area contributed by atoms with Gasteiger partial charge in [-0.25, -0.2) is 18.7 Å². The number of hydrogen-bond acceptors (Lipinski definition) is 7. The van der Waals surface area contributed by atoms with Crippen LogP contribution in [0.2, 0.25) is 0 Å². The molecule has 3 aromatic heterocycles. The van der Waals surface area contributed by atoms with Crippen LogP contribution in [0.4, 0.5) is 4.39 Å². The van der Waals surface area contributed by atoms with Gasteiger partial charge in [0.25, 0.3) is 0 Å². The highest BCUT2D eigenvalue weighted by Crippen LogP contribution is 2.31. The minimum atomic E-state index is -0.543. The normalized spacial score (nSPS) is 11.2. The molecule has 0 N–H and O–H groups in total. The molecule has 0 radical (unpaired) electrons. The Bertz CT molecular complexity index is 1570. The molecule has 0 fully saturated rings. The quantitative estimate of drug-likeness (QED) is 0.269. The van der Waals surface area contributed by atoms with Gasteiger partial charge in [-0.05, 0) is 49.4 Å². The van der Waals surface area contributed by atoms with Crippen LogP contribution in [0, 0.1) is 12.7 Å². The van der Waals surface area contributed by atoms with Gasteiger partial charge >= 0.3 is 11.6 Å². The smallest absolute Gasteiger partial charge is 0.348 e. The molecule has 0 saturated carbocycles. The standard InChI is InChI=1S/C24H17FN2O5S/c1-13-19-11-21(33-23(19)27(26-13)16-5-3-15(25)4-6-16)24(29)31-12-14-9-22(28)32-20-10-17(30-2)7-8-18(14)20/h3-11H,12H2,1-2H3. The Morgan fingerprint density at radius 2 is 1.91 bits per heavy atom. The Balaban J connectivity index is 1.43. The van der Waals surface area contributed by atoms with Gasteiger partial charge in [-0.15, -0.1) is 11.3 Å². The van der Waals surface area contributed by atoms with Crippen LogP contribution in [0.5, 0.6) is 5.75 Å². The number of ether oxygens (including phenoxy) is 2. The molecule has 0 unspecified atom stereocenters. The molecule has 0 atom stereocenters. The maximum absolute atomic E-state index is 13.3. The van der Waals surface area contributed by atoms with Crippen molar-refractivity contribution in [2.45, 2.75) is 13.5 Å². The fourth-order valence-electron chi connectivity index (χ4n) is 3.58. The Labute approximate surface area is 190 Å². The number of aryl methyl sites for hydroxylation is 1. The van der Waals surface area contributed by atoms with Crippen molar-refractivity contribution in [1.82, 2.24) is 9.78 Å². The highest BCUT2D eigenvalue weighted by Gasteiger charge is 2.19. The number of fused-ring (bicyclic) bond motifs is 2. The second-order valence-corrected chi connectivity index (χ2v) is 8.36. The van der Waals surface area contributed by atoms with E-state index in [9.17, 15) is 14.0 Å². The molecule has 0 aliphatic carbocycles. The van der Waals surface area contributed by atoms with E-state index in [1.54, 1.807) is 41.1 Å². The van der Waals surface area contributed by atoms with Crippen LogP contribution in [0.25, 0.3) is 26.9 Å². The van der Waals surface area contributed by atoms with E-state index in [-0.39, 0.29) is 12.4 Å². The third kappa shape index (κ3) is 3.87. The molecule has 166 valence electrons. The number of carbonyl (C=O) groups is 1. The number of thiophene rings is 1. The summed E-state index contributed by atoms with van der Waals surface area (Å²) >= 11 is 1.23. The predicted molar refractivity (Wildman–Crippen MR) is 122 cm³/mol. The Hall–Kier alpha value is -3.98. The molecule has 3 heterocycles. The molecule has 33 heavy (non-hydrogen) atoms. The first-order chi connectivity index (χ1) is 15.9. The van der Waals surface area contributed by atoms with Crippen molar-refractivity contribution in [2.75, 3.05) is 7.11 Å². The lowest BCUT2D eigenvalue weighted by molar-refractivity contribution is 0.0479. The lowest BCUT2D eigenvalue weighted by Crippen LogP contribution is -2.07. The van der Waals surface area contributed by atoms with E-state index in [0.29, 0.717) is 32.8 Å². The first-order valence-corrected chi connectivity index (χ1v) is 10.8. The number of nitrogens with zero attached hydrogens (tertiary/aromatic N) is 2. The molecular weight excluding hydrogens is 447 g/mol. The van der Waals surface area contributed by atoms with Crippen molar-refractivity contribution in [3.05, 3.63) is 87.0 Å². The van der Waals surface area contributed by atoms with E-state index in [0.717, 1.165) is 15.9 Å². The van der Waals surface area contributed by atoms with Crippen molar-refractivity contribution in [3.63, 3.8) is 0 Å². The largest absolute Gasteiger partial charge is 0.497 e. The monoisotopic (exact) mass is 464 g/mol. The van der Waals surface area contributed by atoms with Crippen LogP contribution in [0.3, 0.4) is 0 Å². The summed E-state index contributed by atoms with van der Waals surface area (Å²) in [5, 5.41) is 5.97. The third-order valence-corrected chi connectivity index (χ3v) is 6.30. The SMILES string of the molecule is COc1ccc2c(COC(=O)c3cc4c(C)nn(-c5ccc(F)cc5)c4s3)cc(=O)oc2c1. The van der Waals surface area contributed by atoms with Crippen LogP contribution >= 0.6 is 11.3 Å². The van der Waals surface area contributed by atoms with Gasteiger partial charge in [-0.2, -0.15) is 5.10 Å². The number of rotatable bonds is 5. The number of benzene rings is 2. The van der Waals surface area contributed by atoms with Crippen LogP contribution < -0.4 is 10.4 Å². The van der Waals surface area contributed by atoms with Crippen LogP contribution in [-0.4, -0.2) is 22.9 Å².